The van der Waals surface area contributed by atoms with Crippen LogP contribution < -0.4 is 4.90 Å². The van der Waals surface area contributed by atoms with E-state index >= 15 is 0 Å². The van der Waals surface area contributed by atoms with Gasteiger partial charge in [0.05, 0.1) is 5.56 Å². The minimum absolute atomic E-state index is 0.0372. The summed E-state index contributed by atoms with van der Waals surface area (Å²) >= 11 is 0. The molecule has 0 fully saturated rings. The number of nitrogens with zero attached hydrogens (tertiary/aromatic N) is 2. The van der Waals surface area contributed by atoms with E-state index in [0.717, 1.165) is 18.1 Å². The van der Waals surface area contributed by atoms with Crippen molar-refractivity contribution in [3.8, 4) is 0 Å². The Bertz CT molecular complexity index is 593. The Kier molecular flexibility index (Phi) is 3.95. The summed E-state index contributed by atoms with van der Waals surface area (Å²) in [7, 11) is 0. The van der Waals surface area contributed by atoms with Crippen molar-refractivity contribution in [2.45, 2.75) is 20.8 Å². The van der Waals surface area contributed by atoms with Gasteiger partial charge in [0.25, 0.3) is 0 Å². The quantitative estimate of drug-likeness (QED) is 0.779. The van der Waals surface area contributed by atoms with E-state index in [1.165, 1.54) is 5.56 Å². The maximum absolute atomic E-state index is 11.7. The van der Waals surface area contributed by atoms with Crippen LogP contribution in [0.3, 0.4) is 0 Å². The Morgan fingerprint density at radius 3 is 2.58 bits per heavy atom. The van der Waals surface area contributed by atoms with Crippen molar-refractivity contribution < 1.29 is 4.79 Å². The van der Waals surface area contributed by atoms with Gasteiger partial charge in [0.1, 0.15) is 5.82 Å². The van der Waals surface area contributed by atoms with Crippen LogP contribution in [0.25, 0.3) is 0 Å². The highest BCUT2D eigenvalue weighted by Crippen LogP contribution is 2.28. The molecule has 0 aliphatic heterocycles. The number of benzene rings is 1. The van der Waals surface area contributed by atoms with E-state index in [-0.39, 0.29) is 5.78 Å². The molecule has 1 aromatic heterocycles. The zero-order valence-corrected chi connectivity index (χ0v) is 11.6. The molecule has 0 saturated heterocycles. The van der Waals surface area contributed by atoms with Gasteiger partial charge in [0, 0.05) is 18.4 Å². The van der Waals surface area contributed by atoms with Gasteiger partial charge in [-0.2, -0.15) is 0 Å². The van der Waals surface area contributed by atoms with Crippen LogP contribution in [0.4, 0.5) is 11.5 Å². The molecular formula is C16H18N2O. The Balaban J connectivity index is 2.55. The van der Waals surface area contributed by atoms with Crippen molar-refractivity contribution in [2.24, 2.45) is 0 Å². The number of ketones is 1. The van der Waals surface area contributed by atoms with Gasteiger partial charge in [-0.25, -0.2) is 4.98 Å². The Hall–Kier alpha value is -2.16. The molecule has 3 nitrogen and oxygen atoms in total. The summed E-state index contributed by atoms with van der Waals surface area (Å²) in [6.07, 6.45) is 1.72. The van der Waals surface area contributed by atoms with Gasteiger partial charge < -0.3 is 4.90 Å². The van der Waals surface area contributed by atoms with Crippen molar-refractivity contribution >= 4 is 17.3 Å². The summed E-state index contributed by atoms with van der Waals surface area (Å²) in [4.78, 5) is 18.2. The highest BCUT2D eigenvalue weighted by Gasteiger charge is 2.16. The van der Waals surface area contributed by atoms with Crippen LogP contribution in [-0.2, 0) is 0 Å². The third-order valence-electron chi connectivity index (χ3n) is 3.14. The third-order valence-corrected chi connectivity index (χ3v) is 3.14. The highest BCUT2D eigenvalue weighted by atomic mass is 16.1. The molecule has 3 heteroatoms. The van der Waals surface area contributed by atoms with Gasteiger partial charge >= 0.3 is 0 Å². The Morgan fingerprint density at radius 1 is 1.21 bits per heavy atom. The van der Waals surface area contributed by atoms with E-state index in [0.29, 0.717) is 5.56 Å². The molecule has 0 amide bonds. The minimum Gasteiger partial charge on any atom is -0.326 e. The second kappa shape index (κ2) is 5.65. The van der Waals surface area contributed by atoms with Gasteiger partial charge in [-0.05, 0) is 44.5 Å². The lowest BCUT2D eigenvalue weighted by Gasteiger charge is -2.25. The van der Waals surface area contributed by atoms with Crippen LogP contribution in [0, 0.1) is 6.92 Å². The first-order chi connectivity index (χ1) is 9.15. The zero-order chi connectivity index (χ0) is 13.8. The first-order valence-corrected chi connectivity index (χ1v) is 6.44. The van der Waals surface area contributed by atoms with Crippen LogP contribution in [0.15, 0.2) is 42.6 Å². The second-order valence-corrected chi connectivity index (χ2v) is 4.46. The van der Waals surface area contributed by atoms with Crippen LogP contribution in [0.2, 0.25) is 0 Å². The smallest absolute Gasteiger partial charge is 0.163 e. The van der Waals surface area contributed by atoms with Crippen molar-refractivity contribution in [1.29, 1.82) is 0 Å². The standard InChI is InChI=1S/C16H18N2O/c1-4-18(15-10-6-5-8-12(15)2)16-14(13(3)19)9-7-11-17-16/h5-11H,4H2,1-3H3. The minimum atomic E-state index is 0.0372. The molecule has 0 aliphatic rings. The maximum atomic E-state index is 11.7. The lowest BCUT2D eigenvalue weighted by molar-refractivity contribution is 0.101. The van der Waals surface area contributed by atoms with Gasteiger partial charge in [-0.1, -0.05) is 18.2 Å². The Morgan fingerprint density at radius 2 is 1.95 bits per heavy atom. The predicted octanol–water partition coefficient (Wildman–Crippen LogP) is 3.75. The van der Waals surface area contributed by atoms with Crippen molar-refractivity contribution in [3.05, 3.63) is 53.7 Å². The Labute approximate surface area is 113 Å². The fraction of sp³-hybridized carbons (Fsp3) is 0.250. The molecule has 0 unspecified atom stereocenters. The maximum Gasteiger partial charge on any atom is 0.163 e. The topological polar surface area (TPSA) is 33.2 Å². The summed E-state index contributed by atoms with van der Waals surface area (Å²) < 4.78 is 0. The van der Waals surface area contributed by atoms with Gasteiger partial charge in [0.2, 0.25) is 0 Å². The van der Waals surface area contributed by atoms with E-state index in [2.05, 4.69) is 35.9 Å². The average molecular weight is 254 g/mol. The molecule has 0 saturated carbocycles. The molecule has 98 valence electrons. The van der Waals surface area contributed by atoms with Crippen LogP contribution >= 0.6 is 0 Å². The van der Waals surface area contributed by atoms with E-state index < -0.39 is 0 Å². The van der Waals surface area contributed by atoms with Crippen LogP contribution in [0.1, 0.15) is 29.8 Å². The van der Waals surface area contributed by atoms with Gasteiger partial charge in [0.15, 0.2) is 5.78 Å². The number of anilines is 2. The van der Waals surface area contributed by atoms with E-state index in [4.69, 9.17) is 0 Å². The van der Waals surface area contributed by atoms with Crippen molar-refractivity contribution in [3.63, 3.8) is 0 Å². The number of hydrogen-bond donors (Lipinski definition) is 0. The molecular weight excluding hydrogens is 236 g/mol. The molecule has 0 radical (unpaired) electrons. The molecule has 19 heavy (non-hydrogen) atoms. The number of aryl methyl sites for hydroxylation is 1. The van der Waals surface area contributed by atoms with Gasteiger partial charge in [-0.3, -0.25) is 4.79 Å². The van der Waals surface area contributed by atoms with Crippen molar-refractivity contribution in [2.75, 3.05) is 11.4 Å². The molecule has 1 aromatic carbocycles. The highest BCUT2D eigenvalue weighted by molar-refractivity contribution is 5.99. The summed E-state index contributed by atoms with van der Waals surface area (Å²) in [5.41, 5.74) is 2.92. The lowest BCUT2D eigenvalue weighted by Crippen LogP contribution is -2.20. The fourth-order valence-corrected chi connectivity index (χ4v) is 2.19. The largest absolute Gasteiger partial charge is 0.326 e. The second-order valence-electron chi connectivity index (χ2n) is 4.46. The number of para-hydroxylation sites is 1. The average Bonchev–Trinajstić information content (AvgIpc) is 2.42. The molecule has 0 N–H and O–H groups in total. The summed E-state index contributed by atoms with van der Waals surface area (Å²) in [6.45, 7) is 6.47. The van der Waals surface area contributed by atoms with Crippen LogP contribution in [-0.4, -0.2) is 17.3 Å². The molecule has 2 aromatic rings. The predicted molar refractivity (Wildman–Crippen MR) is 78.1 cm³/mol. The number of hydrogen-bond acceptors (Lipinski definition) is 3. The van der Waals surface area contributed by atoms with Crippen LogP contribution in [0.5, 0.6) is 0 Å². The summed E-state index contributed by atoms with van der Waals surface area (Å²) in [6, 6.07) is 11.8. The number of aromatic nitrogens is 1. The molecule has 2 rings (SSSR count). The monoisotopic (exact) mass is 254 g/mol. The summed E-state index contributed by atoms with van der Waals surface area (Å²) in [5.74, 6) is 0.766. The van der Waals surface area contributed by atoms with E-state index in [1.807, 2.05) is 18.2 Å². The van der Waals surface area contributed by atoms with Gasteiger partial charge in [-0.15, -0.1) is 0 Å². The first-order valence-electron chi connectivity index (χ1n) is 6.44. The molecule has 0 aliphatic carbocycles. The third kappa shape index (κ3) is 2.65. The number of carbonyl (C=O) groups is 1. The first kappa shape index (κ1) is 13.3. The number of Topliss-reactive ketones (excluding diaryl/α,β-unsaturated/α-hetero) is 1. The normalized spacial score (nSPS) is 10.3. The van der Waals surface area contributed by atoms with Crippen molar-refractivity contribution in [1.82, 2.24) is 4.98 Å². The zero-order valence-electron chi connectivity index (χ0n) is 11.6. The molecule has 0 spiro atoms. The number of carbonyl (C=O) groups excluding carboxylic acids is 1. The number of pyridine rings is 1. The fourth-order valence-electron chi connectivity index (χ4n) is 2.19. The number of rotatable bonds is 4. The molecule has 0 bridgehead atoms. The molecule has 0 atom stereocenters. The van der Waals surface area contributed by atoms with E-state index in [9.17, 15) is 4.79 Å². The van der Waals surface area contributed by atoms with E-state index in [1.54, 1.807) is 19.2 Å². The molecule has 1 heterocycles. The SMILES string of the molecule is CCN(c1ccccc1C)c1ncccc1C(C)=O. The summed E-state index contributed by atoms with van der Waals surface area (Å²) in [5, 5.41) is 0. The lowest BCUT2D eigenvalue weighted by atomic mass is 10.1.